The predicted octanol–water partition coefficient (Wildman–Crippen LogP) is 3.49. The first kappa shape index (κ1) is 14.1. The van der Waals surface area contributed by atoms with E-state index in [-0.39, 0.29) is 11.7 Å². The number of carboxylic acids is 1. The van der Waals surface area contributed by atoms with Crippen LogP contribution in [0.25, 0.3) is 16.9 Å². The van der Waals surface area contributed by atoms with E-state index in [4.69, 9.17) is 4.74 Å². The molecule has 2 heterocycles. The van der Waals surface area contributed by atoms with Gasteiger partial charge in [0.15, 0.2) is 5.65 Å². The van der Waals surface area contributed by atoms with Gasteiger partial charge in [-0.25, -0.2) is 9.78 Å². The van der Waals surface area contributed by atoms with E-state index in [2.05, 4.69) is 4.98 Å². The molecule has 1 N–H and O–H groups in total. The maximum Gasteiger partial charge on any atom is 0.339 e. The quantitative estimate of drug-likeness (QED) is 0.800. The van der Waals surface area contributed by atoms with Gasteiger partial charge in [-0.1, -0.05) is 0 Å². The van der Waals surface area contributed by atoms with E-state index >= 15 is 0 Å². The minimum Gasteiger partial charge on any atom is -0.491 e. The van der Waals surface area contributed by atoms with Crippen LogP contribution in [0.3, 0.4) is 0 Å². The first-order valence-electron chi connectivity index (χ1n) is 7.02. The Hall–Kier alpha value is -2.82. The molecule has 3 aromatic rings. The van der Waals surface area contributed by atoms with Crippen LogP contribution in [-0.2, 0) is 0 Å². The summed E-state index contributed by atoms with van der Waals surface area (Å²) in [6.45, 7) is 3.95. The van der Waals surface area contributed by atoms with E-state index < -0.39 is 5.97 Å². The maximum atomic E-state index is 11.2. The second kappa shape index (κ2) is 5.52. The lowest BCUT2D eigenvalue weighted by Crippen LogP contribution is -2.05. The number of rotatable bonds is 4. The summed E-state index contributed by atoms with van der Waals surface area (Å²) in [7, 11) is 0. The molecule has 112 valence electrons. The van der Waals surface area contributed by atoms with Gasteiger partial charge < -0.3 is 14.2 Å². The van der Waals surface area contributed by atoms with Crippen LogP contribution < -0.4 is 4.74 Å². The highest BCUT2D eigenvalue weighted by Gasteiger charge is 2.12. The molecule has 0 aliphatic carbocycles. The summed E-state index contributed by atoms with van der Waals surface area (Å²) in [6, 6.07) is 10.9. The van der Waals surface area contributed by atoms with Crippen LogP contribution in [0.15, 0.2) is 48.8 Å². The van der Waals surface area contributed by atoms with Gasteiger partial charge in [0.2, 0.25) is 0 Å². The molecule has 0 aliphatic heterocycles. The van der Waals surface area contributed by atoms with Gasteiger partial charge >= 0.3 is 5.97 Å². The van der Waals surface area contributed by atoms with Crippen LogP contribution in [0.1, 0.15) is 24.2 Å². The predicted molar refractivity (Wildman–Crippen MR) is 83.4 cm³/mol. The fourth-order valence-electron chi connectivity index (χ4n) is 2.30. The van der Waals surface area contributed by atoms with Crippen molar-refractivity contribution in [3.8, 4) is 17.0 Å². The zero-order valence-corrected chi connectivity index (χ0v) is 12.4. The Morgan fingerprint density at radius 1 is 1.23 bits per heavy atom. The molecule has 0 saturated heterocycles. The third-order valence-corrected chi connectivity index (χ3v) is 3.24. The van der Waals surface area contributed by atoms with Crippen molar-refractivity contribution < 1.29 is 14.6 Å². The van der Waals surface area contributed by atoms with Gasteiger partial charge in [-0.3, -0.25) is 0 Å². The van der Waals surface area contributed by atoms with E-state index in [1.807, 2.05) is 44.3 Å². The van der Waals surface area contributed by atoms with Crippen molar-refractivity contribution >= 4 is 11.6 Å². The van der Waals surface area contributed by atoms with Gasteiger partial charge in [-0.15, -0.1) is 0 Å². The molecule has 0 aliphatic rings. The second-order valence-corrected chi connectivity index (χ2v) is 5.28. The number of hydrogen-bond donors (Lipinski definition) is 1. The van der Waals surface area contributed by atoms with E-state index in [0.717, 1.165) is 17.0 Å². The fourth-order valence-corrected chi connectivity index (χ4v) is 2.30. The number of carboxylic acid groups (broad SMARTS) is 1. The van der Waals surface area contributed by atoms with Gasteiger partial charge in [0.25, 0.3) is 0 Å². The zero-order valence-electron chi connectivity index (χ0n) is 12.4. The lowest BCUT2D eigenvalue weighted by molar-refractivity contribution is 0.0698. The molecule has 3 rings (SSSR count). The third-order valence-electron chi connectivity index (χ3n) is 3.24. The average Bonchev–Trinajstić information content (AvgIpc) is 2.90. The zero-order chi connectivity index (χ0) is 15.7. The minimum atomic E-state index is -0.983. The molecule has 5 nitrogen and oxygen atoms in total. The third kappa shape index (κ3) is 2.65. The van der Waals surface area contributed by atoms with E-state index in [1.165, 1.54) is 0 Å². The number of nitrogens with zero attached hydrogens (tertiary/aromatic N) is 2. The van der Waals surface area contributed by atoms with Crippen LogP contribution >= 0.6 is 0 Å². The van der Waals surface area contributed by atoms with Crippen LogP contribution in [0.5, 0.6) is 5.75 Å². The summed E-state index contributed by atoms with van der Waals surface area (Å²) in [6.07, 6.45) is 3.73. The number of ether oxygens (including phenoxy) is 1. The topological polar surface area (TPSA) is 63.8 Å². The second-order valence-electron chi connectivity index (χ2n) is 5.28. The van der Waals surface area contributed by atoms with E-state index in [1.54, 1.807) is 22.7 Å². The van der Waals surface area contributed by atoms with Crippen molar-refractivity contribution in [3.05, 3.63) is 54.4 Å². The lowest BCUT2D eigenvalue weighted by Gasteiger charge is -2.09. The summed E-state index contributed by atoms with van der Waals surface area (Å²) in [5.41, 5.74) is 2.27. The van der Waals surface area contributed by atoms with Crippen LogP contribution in [0.2, 0.25) is 0 Å². The Labute approximate surface area is 127 Å². The summed E-state index contributed by atoms with van der Waals surface area (Å²) in [4.78, 5) is 15.7. The van der Waals surface area contributed by atoms with E-state index in [0.29, 0.717) is 5.65 Å². The highest BCUT2D eigenvalue weighted by atomic mass is 16.5. The van der Waals surface area contributed by atoms with E-state index in [9.17, 15) is 9.90 Å². The summed E-state index contributed by atoms with van der Waals surface area (Å²) >= 11 is 0. The Kier molecular flexibility index (Phi) is 3.55. The fraction of sp³-hybridized carbons (Fsp3) is 0.176. The molecular formula is C17H16N2O3. The van der Waals surface area contributed by atoms with Gasteiger partial charge in [-0.2, -0.15) is 0 Å². The standard InChI is InChI=1S/C17H16N2O3/c1-11(2)22-13-7-5-12(6-8-13)15-10-19-9-3-4-14(17(20)21)16(19)18-15/h3-11H,1-2H3,(H,20,21). The number of carbonyl (C=O) groups is 1. The highest BCUT2D eigenvalue weighted by Crippen LogP contribution is 2.23. The lowest BCUT2D eigenvalue weighted by atomic mass is 10.1. The Morgan fingerprint density at radius 2 is 1.95 bits per heavy atom. The number of pyridine rings is 1. The molecule has 2 aromatic heterocycles. The van der Waals surface area contributed by atoms with Crippen molar-refractivity contribution in [1.82, 2.24) is 9.38 Å². The van der Waals surface area contributed by atoms with Crippen LogP contribution in [0.4, 0.5) is 0 Å². The summed E-state index contributed by atoms with van der Waals surface area (Å²) < 4.78 is 7.33. The van der Waals surface area contributed by atoms with Crippen LogP contribution in [-0.4, -0.2) is 26.6 Å². The maximum absolute atomic E-state index is 11.2. The Bertz CT molecular complexity index is 820. The molecule has 22 heavy (non-hydrogen) atoms. The number of aromatic nitrogens is 2. The highest BCUT2D eigenvalue weighted by molar-refractivity contribution is 5.94. The molecule has 0 saturated carbocycles. The molecule has 0 amide bonds. The molecular weight excluding hydrogens is 280 g/mol. The molecule has 0 fully saturated rings. The minimum absolute atomic E-state index is 0.124. The smallest absolute Gasteiger partial charge is 0.339 e. The molecule has 1 aromatic carbocycles. The normalized spacial score (nSPS) is 11.0. The van der Waals surface area contributed by atoms with Gasteiger partial charge in [0, 0.05) is 18.0 Å². The molecule has 0 radical (unpaired) electrons. The van der Waals surface area contributed by atoms with Gasteiger partial charge in [0.05, 0.1) is 11.8 Å². The molecule has 0 bridgehead atoms. The Balaban J connectivity index is 2.00. The Morgan fingerprint density at radius 3 is 2.59 bits per heavy atom. The molecule has 0 atom stereocenters. The number of fused-ring (bicyclic) bond motifs is 1. The van der Waals surface area contributed by atoms with Gasteiger partial charge in [-0.05, 0) is 50.2 Å². The van der Waals surface area contributed by atoms with Crippen molar-refractivity contribution in [1.29, 1.82) is 0 Å². The number of benzene rings is 1. The first-order valence-corrected chi connectivity index (χ1v) is 7.02. The first-order chi connectivity index (χ1) is 10.5. The SMILES string of the molecule is CC(C)Oc1ccc(-c2cn3cccc(C(=O)O)c3n2)cc1. The van der Waals surface area contributed by atoms with Crippen molar-refractivity contribution in [2.45, 2.75) is 20.0 Å². The largest absolute Gasteiger partial charge is 0.491 e. The summed E-state index contributed by atoms with van der Waals surface area (Å²) in [5.74, 6) is -0.183. The molecule has 0 unspecified atom stereocenters. The monoisotopic (exact) mass is 296 g/mol. The van der Waals surface area contributed by atoms with Crippen LogP contribution in [0, 0.1) is 0 Å². The van der Waals surface area contributed by atoms with Gasteiger partial charge in [0.1, 0.15) is 11.3 Å². The molecule has 5 heteroatoms. The summed E-state index contributed by atoms with van der Waals surface area (Å²) in [5, 5.41) is 9.21. The number of hydrogen-bond acceptors (Lipinski definition) is 3. The molecule has 0 spiro atoms. The van der Waals surface area contributed by atoms with Crippen molar-refractivity contribution in [2.75, 3.05) is 0 Å². The van der Waals surface area contributed by atoms with Crippen molar-refractivity contribution in [2.24, 2.45) is 0 Å². The number of aromatic carboxylic acids is 1. The van der Waals surface area contributed by atoms with Crippen molar-refractivity contribution in [3.63, 3.8) is 0 Å². The average molecular weight is 296 g/mol. The number of imidazole rings is 1.